The van der Waals surface area contributed by atoms with Crippen molar-refractivity contribution in [1.82, 2.24) is 4.31 Å². The maximum atomic E-state index is 14.0. The van der Waals surface area contributed by atoms with Crippen LogP contribution in [0.15, 0.2) is 48.5 Å². The largest absolute Gasteiger partial charge is 0.494 e. The Morgan fingerprint density at radius 2 is 1.83 bits per heavy atom. The van der Waals surface area contributed by atoms with E-state index < -0.39 is 21.3 Å². The standard InChI is InChI=1S/C21H25FN2O4S/c1-3-29(26,27)24-13-11-21(12-14-24,16-7-5-4-6-8-16)20(25)23-17-9-10-19(28-2)18(22)15-17/h4-10,15H,3,11-14H2,1-2H3,(H,23,25). The Balaban J connectivity index is 1.89. The van der Waals surface area contributed by atoms with Gasteiger partial charge in [-0.15, -0.1) is 0 Å². The number of anilines is 1. The van der Waals surface area contributed by atoms with Gasteiger partial charge in [0.2, 0.25) is 15.9 Å². The highest BCUT2D eigenvalue weighted by molar-refractivity contribution is 7.89. The van der Waals surface area contributed by atoms with Crippen LogP contribution in [0.1, 0.15) is 25.3 Å². The molecule has 1 aliphatic rings. The van der Waals surface area contributed by atoms with Gasteiger partial charge in [0, 0.05) is 24.8 Å². The lowest BCUT2D eigenvalue weighted by atomic mass is 9.72. The predicted molar refractivity (Wildman–Crippen MR) is 110 cm³/mol. The molecule has 1 aliphatic heterocycles. The number of ether oxygens (including phenoxy) is 1. The molecule has 8 heteroatoms. The molecule has 1 fully saturated rings. The summed E-state index contributed by atoms with van der Waals surface area (Å²) in [7, 11) is -1.94. The molecule has 0 aliphatic carbocycles. The summed E-state index contributed by atoms with van der Waals surface area (Å²) in [5, 5.41) is 2.81. The Kier molecular flexibility index (Phi) is 6.24. The molecule has 1 heterocycles. The highest BCUT2D eigenvalue weighted by Gasteiger charge is 2.44. The van der Waals surface area contributed by atoms with Gasteiger partial charge in [-0.25, -0.2) is 17.1 Å². The third-order valence-electron chi connectivity index (χ3n) is 5.50. The van der Waals surface area contributed by atoms with E-state index in [-0.39, 0.29) is 30.5 Å². The fourth-order valence-electron chi connectivity index (χ4n) is 3.73. The van der Waals surface area contributed by atoms with E-state index in [1.165, 1.54) is 23.5 Å². The van der Waals surface area contributed by atoms with E-state index in [1.54, 1.807) is 13.0 Å². The molecule has 0 saturated carbocycles. The first kappa shape index (κ1) is 21.3. The van der Waals surface area contributed by atoms with Crippen molar-refractivity contribution in [1.29, 1.82) is 0 Å². The second-order valence-electron chi connectivity index (χ2n) is 7.05. The molecule has 0 aromatic heterocycles. The number of amides is 1. The van der Waals surface area contributed by atoms with Crippen LogP contribution in [-0.4, -0.2) is 44.6 Å². The van der Waals surface area contributed by atoms with Gasteiger partial charge in [-0.1, -0.05) is 30.3 Å². The summed E-state index contributed by atoms with van der Waals surface area (Å²) >= 11 is 0. The molecule has 6 nitrogen and oxygen atoms in total. The van der Waals surface area contributed by atoms with Crippen LogP contribution in [-0.2, 0) is 20.2 Å². The zero-order valence-corrected chi connectivity index (χ0v) is 17.3. The third-order valence-corrected chi connectivity index (χ3v) is 7.39. The molecular weight excluding hydrogens is 395 g/mol. The van der Waals surface area contributed by atoms with Gasteiger partial charge in [0.05, 0.1) is 18.3 Å². The van der Waals surface area contributed by atoms with Gasteiger partial charge in [-0.2, -0.15) is 0 Å². The number of benzene rings is 2. The van der Waals surface area contributed by atoms with Crippen molar-refractivity contribution in [2.75, 3.05) is 31.3 Å². The summed E-state index contributed by atoms with van der Waals surface area (Å²) in [5.41, 5.74) is 0.254. The quantitative estimate of drug-likeness (QED) is 0.779. The van der Waals surface area contributed by atoms with Crippen LogP contribution in [0.3, 0.4) is 0 Å². The van der Waals surface area contributed by atoms with Gasteiger partial charge < -0.3 is 10.1 Å². The van der Waals surface area contributed by atoms with E-state index in [4.69, 9.17) is 4.74 Å². The van der Waals surface area contributed by atoms with Crippen LogP contribution in [0.25, 0.3) is 0 Å². The zero-order chi connectivity index (χ0) is 21.1. The van der Waals surface area contributed by atoms with Gasteiger partial charge in [0.1, 0.15) is 0 Å². The molecule has 0 bridgehead atoms. The Morgan fingerprint density at radius 3 is 2.38 bits per heavy atom. The summed E-state index contributed by atoms with van der Waals surface area (Å²) < 4.78 is 44.9. The van der Waals surface area contributed by atoms with Crippen molar-refractivity contribution in [3.05, 3.63) is 59.9 Å². The molecule has 2 aromatic rings. The normalized spacial score (nSPS) is 16.9. The number of methoxy groups -OCH3 is 1. The minimum Gasteiger partial charge on any atom is -0.494 e. The SMILES string of the molecule is CCS(=O)(=O)N1CCC(C(=O)Nc2ccc(OC)c(F)c2)(c2ccccc2)CC1. The second kappa shape index (κ2) is 8.51. The van der Waals surface area contributed by atoms with Crippen LogP contribution >= 0.6 is 0 Å². The molecular formula is C21H25FN2O4S. The van der Waals surface area contributed by atoms with Gasteiger partial charge >= 0.3 is 0 Å². The van der Waals surface area contributed by atoms with Crippen molar-refractivity contribution in [3.8, 4) is 5.75 Å². The Morgan fingerprint density at radius 1 is 1.17 bits per heavy atom. The molecule has 29 heavy (non-hydrogen) atoms. The van der Waals surface area contributed by atoms with E-state index in [2.05, 4.69) is 5.32 Å². The first-order chi connectivity index (χ1) is 13.8. The number of nitrogens with zero attached hydrogens (tertiary/aromatic N) is 1. The molecule has 156 valence electrons. The number of piperidine rings is 1. The Bertz CT molecular complexity index is 971. The summed E-state index contributed by atoms with van der Waals surface area (Å²) in [6.07, 6.45) is 0.696. The minimum atomic E-state index is -3.31. The van der Waals surface area contributed by atoms with Crippen molar-refractivity contribution in [3.63, 3.8) is 0 Å². The van der Waals surface area contributed by atoms with Gasteiger partial charge in [0.15, 0.2) is 11.6 Å². The highest BCUT2D eigenvalue weighted by atomic mass is 32.2. The Labute approximate surface area is 170 Å². The average molecular weight is 421 g/mol. The molecule has 3 rings (SSSR count). The zero-order valence-electron chi connectivity index (χ0n) is 16.5. The first-order valence-corrected chi connectivity index (χ1v) is 11.1. The molecule has 2 aromatic carbocycles. The molecule has 0 spiro atoms. The van der Waals surface area contributed by atoms with E-state index in [0.29, 0.717) is 18.5 Å². The van der Waals surface area contributed by atoms with Gasteiger partial charge in [-0.3, -0.25) is 4.79 Å². The molecule has 1 amide bonds. The maximum Gasteiger partial charge on any atom is 0.235 e. The van der Waals surface area contributed by atoms with Crippen molar-refractivity contribution in [2.45, 2.75) is 25.2 Å². The van der Waals surface area contributed by atoms with Crippen LogP contribution in [0, 0.1) is 5.82 Å². The lowest BCUT2D eigenvalue weighted by molar-refractivity contribution is -0.123. The third kappa shape index (κ3) is 4.28. The fourth-order valence-corrected chi connectivity index (χ4v) is 4.83. The summed E-state index contributed by atoms with van der Waals surface area (Å²) in [6, 6.07) is 13.6. The van der Waals surface area contributed by atoms with Crippen molar-refractivity contribution < 1.29 is 22.3 Å². The highest BCUT2D eigenvalue weighted by Crippen LogP contribution is 2.38. The van der Waals surface area contributed by atoms with Gasteiger partial charge in [-0.05, 0) is 37.5 Å². The average Bonchev–Trinajstić information content (AvgIpc) is 2.74. The van der Waals surface area contributed by atoms with Crippen LogP contribution < -0.4 is 10.1 Å². The predicted octanol–water partition coefficient (Wildman–Crippen LogP) is 3.16. The lowest BCUT2D eigenvalue weighted by Crippen LogP contribution is -2.51. The van der Waals surface area contributed by atoms with Crippen LogP contribution in [0.4, 0.5) is 10.1 Å². The van der Waals surface area contributed by atoms with E-state index in [9.17, 15) is 17.6 Å². The summed E-state index contributed by atoms with van der Waals surface area (Å²) in [6.45, 7) is 2.13. The van der Waals surface area contributed by atoms with Crippen molar-refractivity contribution >= 4 is 21.6 Å². The van der Waals surface area contributed by atoms with Gasteiger partial charge in [0.25, 0.3) is 0 Å². The number of carbonyl (C=O) groups excluding carboxylic acids is 1. The van der Waals surface area contributed by atoms with Crippen LogP contribution in [0.5, 0.6) is 5.75 Å². The number of hydrogen-bond donors (Lipinski definition) is 1. The van der Waals surface area contributed by atoms with E-state index >= 15 is 0 Å². The van der Waals surface area contributed by atoms with E-state index in [0.717, 1.165) is 5.56 Å². The topological polar surface area (TPSA) is 75.7 Å². The molecule has 0 atom stereocenters. The number of carbonyl (C=O) groups is 1. The van der Waals surface area contributed by atoms with Crippen molar-refractivity contribution in [2.24, 2.45) is 0 Å². The molecule has 1 N–H and O–H groups in total. The fraction of sp³-hybridized carbons (Fsp3) is 0.381. The molecule has 1 saturated heterocycles. The van der Waals surface area contributed by atoms with E-state index in [1.807, 2.05) is 30.3 Å². The number of halogens is 1. The second-order valence-corrected chi connectivity index (χ2v) is 9.31. The van der Waals surface area contributed by atoms with Crippen LogP contribution in [0.2, 0.25) is 0 Å². The summed E-state index contributed by atoms with van der Waals surface area (Å²) in [5.74, 6) is -0.716. The number of sulfonamides is 1. The smallest absolute Gasteiger partial charge is 0.235 e. The number of nitrogens with one attached hydrogen (secondary N) is 1. The number of hydrogen-bond acceptors (Lipinski definition) is 4. The minimum absolute atomic E-state index is 0.0304. The lowest BCUT2D eigenvalue weighted by Gasteiger charge is -2.40. The molecule has 0 radical (unpaired) electrons. The molecule has 0 unspecified atom stereocenters. The maximum absolute atomic E-state index is 14.0. The summed E-state index contributed by atoms with van der Waals surface area (Å²) in [4.78, 5) is 13.3. The Hall–Kier alpha value is -2.45. The number of rotatable bonds is 6. The first-order valence-electron chi connectivity index (χ1n) is 9.51. The monoisotopic (exact) mass is 420 g/mol.